The summed E-state index contributed by atoms with van der Waals surface area (Å²) in [5.74, 6) is 0.800. The van der Waals surface area contributed by atoms with E-state index in [1.165, 1.54) is 0 Å². The van der Waals surface area contributed by atoms with Gasteiger partial charge in [-0.3, -0.25) is 0 Å². The van der Waals surface area contributed by atoms with Crippen LogP contribution in [0.15, 0.2) is 58.5 Å². The molecular formula is C18H20N2O2S. The predicted molar refractivity (Wildman–Crippen MR) is 92.1 cm³/mol. The molecule has 5 heteroatoms. The zero-order chi connectivity index (χ0) is 16.1. The van der Waals surface area contributed by atoms with Crippen LogP contribution in [-0.4, -0.2) is 16.1 Å². The third kappa shape index (κ3) is 4.28. The molecule has 0 fully saturated rings. The molecule has 0 amide bonds. The molecule has 0 spiro atoms. The Bertz CT molecular complexity index is 710. The molecule has 0 radical (unpaired) electrons. The second-order valence-electron chi connectivity index (χ2n) is 5.57. The Morgan fingerprint density at radius 2 is 2.04 bits per heavy atom. The van der Waals surface area contributed by atoms with Crippen molar-refractivity contribution in [3.63, 3.8) is 0 Å². The van der Waals surface area contributed by atoms with Gasteiger partial charge in [-0.15, -0.1) is 11.3 Å². The van der Waals surface area contributed by atoms with Gasteiger partial charge in [0, 0.05) is 18.0 Å². The number of nitrogens with one attached hydrogen (secondary N) is 1. The number of nitrogens with zero attached hydrogens (tertiary/aromatic N) is 1. The number of benzene rings is 1. The molecule has 0 saturated carbocycles. The normalized spacial score (nSPS) is 13.8. The summed E-state index contributed by atoms with van der Waals surface area (Å²) in [5, 5.41) is 16.6. The van der Waals surface area contributed by atoms with Crippen molar-refractivity contribution >= 4 is 11.3 Å². The van der Waals surface area contributed by atoms with Gasteiger partial charge in [-0.05, 0) is 31.0 Å². The van der Waals surface area contributed by atoms with Crippen LogP contribution in [0.25, 0.3) is 10.8 Å². The summed E-state index contributed by atoms with van der Waals surface area (Å²) in [7, 11) is 0. The number of thiazole rings is 1. The minimum atomic E-state index is -0.451. The molecule has 3 aromatic rings. The van der Waals surface area contributed by atoms with E-state index in [4.69, 9.17) is 4.42 Å². The molecular weight excluding hydrogens is 308 g/mol. The Labute approximate surface area is 139 Å². The SMILES string of the molecule is CC(CC(O)c1ccccc1)NCc1csc(-c2ccco2)n1. The molecule has 0 aliphatic carbocycles. The van der Waals surface area contributed by atoms with Crippen LogP contribution in [0, 0.1) is 0 Å². The van der Waals surface area contributed by atoms with Crippen LogP contribution in [0.3, 0.4) is 0 Å². The molecule has 0 bridgehead atoms. The molecule has 0 saturated heterocycles. The number of hydrogen-bond acceptors (Lipinski definition) is 5. The predicted octanol–water partition coefficient (Wildman–Crippen LogP) is 4.00. The molecule has 0 aliphatic rings. The van der Waals surface area contributed by atoms with Gasteiger partial charge in [0.15, 0.2) is 10.8 Å². The van der Waals surface area contributed by atoms with E-state index >= 15 is 0 Å². The van der Waals surface area contributed by atoms with Crippen LogP contribution in [-0.2, 0) is 6.54 Å². The van der Waals surface area contributed by atoms with Crippen LogP contribution in [0.1, 0.15) is 30.7 Å². The van der Waals surface area contributed by atoms with Crippen LogP contribution in [0.4, 0.5) is 0 Å². The maximum absolute atomic E-state index is 10.3. The monoisotopic (exact) mass is 328 g/mol. The van der Waals surface area contributed by atoms with Crippen molar-refractivity contribution in [2.75, 3.05) is 0 Å². The maximum Gasteiger partial charge on any atom is 0.162 e. The number of aliphatic hydroxyl groups is 1. The molecule has 2 atom stereocenters. The van der Waals surface area contributed by atoms with E-state index in [-0.39, 0.29) is 6.04 Å². The number of aliphatic hydroxyl groups excluding tert-OH is 1. The fraction of sp³-hybridized carbons (Fsp3) is 0.278. The van der Waals surface area contributed by atoms with Gasteiger partial charge in [0.1, 0.15) is 0 Å². The molecule has 2 aromatic heterocycles. The molecule has 120 valence electrons. The largest absolute Gasteiger partial charge is 0.462 e. The zero-order valence-electron chi connectivity index (χ0n) is 13.0. The van der Waals surface area contributed by atoms with Crippen molar-refractivity contribution in [2.24, 2.45) is 0 Å². The standard InChI is InChI=1S/C18H20N2O2S/c1-13(10-16(21)14-6-3-2-4-7-14)19-11-15-12-23-18(20-15)17-8-5-9-22-17/h2-9,12-13,16,19,21H,10-11H2,1H3. The van der Waals surface area contributed by atoms with Crippen molar-refractivity contribution in [3.05, 3.63) is 65.4 Å². The minimum absolute atomic E-state index is 0.193. The first-order valence-electron chi connectivity index (χ1n) is 7.67. The number of furan rings is 1. The van der Waals surface area contributed by atoms with Gasteiger partial charge in [0.25, 0.3) is 0 Å². The van der Waals surface area contributed by atoms with Crippen molar-refractivity contribution in [3.8, 4) is 10.8 Å². The fourth-order valence-corrected chi connectivity index (χ4v) is 3.20. The zero-order valence-corrected chi connectivity index (χ0v) is 13.8. The van der Waals surface area contributed by atoms with Gasteiger partial charge in [0.05, 0.1) is 18.1 Å². The van der Waals surface area contributed by atoms with Gasteiger partial charge in [-0.2, -0.15) is 0 Å². The lowest BCUT2D eigenvalue weighted by Gasteiger charge is -2.17. The summed E-state index contributed by atoms with van der Waals surface area (Å²) in [6, 6.07) is 13.7. The van der Waals surface area contributed by atoms with Gasteiger partial charge >= 0.3 is 0 Å². The van der Waals surface area contributed by atoms with Crippen LogP contribution in [0.5, 0.6) is 0 Å². The third-order valence-electron chi connectivity index (χ3n) is 3.68. The Hall–Kier alpha value is -1.95. The highest BCUT2D eigenvalue weighted by Gasteiger charge is 2.13. The van der Waals surface area contributed by atoms with Gasteiger partial charge < -0.3 is 14.8 Å². The number of rotatable bonds is 7. The van der Waals surface area contributed by atoms with Crippen LogP contribution < -0.4 is 5.32 Å². The van der Waals surface area contributed by atoms with Crippen LogP contribution in [0.2, 0.25) is 0 Å². The Morgan fingerprint density at radius 3 is 2.78 bits per heavy atom. The summed E-state index contributed by atoms with van der Waals surface area (Å²) in [4.78, 5) is 4.56. The van der Waals surface area contributed by atoms with E-state index in [0.717, 1.165) is 22.0 Å². The average molecular weight is 328 g/mol. The first-order chi connectivity index (χ1) is 11.2. The maximum atomic E-state index is 10.3. The van der Waals surface area contributed by atoms with E-state index in [0.29, 0.717) is 13.0 Å². The Balaban J connectivity index is 1.50. The molecule has 0 aliphatic heterocycles. The van der Waals surface area contributed by atoms with Crippen molar-refractivity contribution in [1.82, 2.24) is 10.3 Å². The lowest BCUT2D eigenvalue weighted by Crippen LogP contribution is -2.27. The first-order valence-corrected chi connectivity index (χ1v) is 8.55. The average Bonchev–Trinajstić information content (AvgIpc) is 3.25. The lowest BCUT2D eigenvalue weighted by molar-refractivity contribution is 0.154. The third-order valence-corrected chi connectivity index (χ3v) is 4.58. The quantitative estimate of drug-likeness (QED) is 0.688. The molecule has 23 heavy (non-hydrogen) atoms. The lowest BCUT2D eigenvalue weighted by atomic mass is 10.0. The summed E-state index contributed by atoms with van der Waals surface area (Å²) < 4.78 is 5.35. The highest BCUT2D eigenvalue weighted by atomic mass is 32.1. The van der Waals surface area contributed by atoms with E-state index in [1.807, 2.05) is 47.8 Å². The highest BCUT2D eigenvalue weighted by Crippen LogP contribution is 2.24. The van der Waals surface area contributed by atoms with Crippen molar-refractivity contribution < 1.29 is 9.52 Å². The highest BCUT2D eigenvalue weighted by molar-refractivity contribution is 7.13. The minimum Gasteiger partial charge on any atom is -0.462 e. The fourth-order valence-electron chi connectivity index (χ4n) is 2.41. The van der Waals surface area contributed by atoms with Gasteiger partial charge in [0.2, 0.25) is 0 Å². The summed E-state index contributed by atoms with van der Waals surface area (Å²) in [6.07, 6.45) is 1.87. The first kappa shape index (κ1) is 15.9. The van der Waals surface area contributed by atoms with Gasteiger partial charge in [-0.1, -0.05) is 30.3 Å². The molecule has 3 rings (SSSR count). The van der Waals surface area contributed by atoms with E-state index in [9.17, 15) is 5.11 Å². The smallest absolute Gasteiger partial charge is 0.162 e. The van der Waals surface area contributed by atoms with E-state index in [1.54, 1.807) is 17.6 Å². The summed E-state index contributed by atoms with van der Waals surface area (Å²) >= 11 is 1.58. The molecule has 1 aromatic carbocycles. The molecule has 2 unspecified atom stereocenters. The Morgan fingerprint density at radius 1 is 1.22 bits per heavy atom. The summed E-state index contributed by atoms with van der Waals surface area (Å²) in [5.41, 5.74) is 1.94. The molecule has 4 nitrogen and oxygen atoms in total. The molecule has 2 N–H and O–H groups in total. The van der Waals surface area contributed by atoms with Gasteiger partial charge in [-0.25, -0.2) is 4.98 Å². The molecule has 2 heterocycles. The van der Waals surface area contributed by atoms with E-state index < -0.39 is 6.10 Å². The second kappa shape index (κ2) is 7.55. The van der Waals surface area contributed by atoms with E-state index in [2.05, 4.69) is 17.2 Å². The number of aromatic nitrogens is 1. The Kier molecular flexibility index (Phi) is 5.23. The topological polar surface area (TPSA) is 58.3 Å². The van der Waals surface area contributed by atoms with Crippen molar-refractivity contribution in [1.29, 1.82) is 0 Å². The number of hydrogen-bond donors (Lipinski definition) is 2. The second-order valence-corrected chi connectivity index (χ2v) is 6.42. The summed E-state index contributed by atoms with van der Waals surface area (Å²) in [6.45, 7) is 2.76. The van der Waals surface area contributed by atoms with Crippen LogP contribution >= 0.6 is 11.3 Å². The van der Waals surface area contributed by atoms with Crippen molar-refractivity contribution in [2.45, 2.75) is 32.0 Å².